The number of aromatic nitrogens is 2. The van der Waals surface area contributed by atoms with Crippen LogP contribution >= 0.6 is 34.2 Å². The fourth-order valence-corrected chi connectivity index (χ4v) is 2.44. The summed E-state index contributed by atoms with van der Waals surface area (Å²) in [5.74, 6) is 1.49. The molecular formula is C13H8ClIN2O. The Balaban J connectivity index is 1.97. The lowest BCUT2D eigenvalue weighted by Gasteiger charge is -2.05. The van der Waals surface area contributed by atoms with Crippen LogP contribution in [0.25, 0.3) is 10.9 Å². The predicted octanol–water partition coefficient (Wildman–Crippen LogP) is 4.61. The van der Waals surface area contributed by atoms with Gasteiger partial charge in [-0.05, 0) is 59.0 Å². The van der Waals surface area contributed by atoms with Gasteiger partial charge in [0.2, 0.25) is 0 Å². The Morgan fingerprint density at radius 1 is 1.11 bits per heavy atom. The minimum atomic E-state index is 0.659. The Morgan fingerprint density at radius 3 is 2.78 bits per heavy atom. The molecule has 0 atom stereocenters. The standard InChI is InChI=1S/C13H8ClIN2O/c14-8-2-1-3-9(6-8)18-10-4-5-12-11(7-10)13(15)17-16-12/h1-7H,(H,16,17). The maximum Gasteiger partial charge on any atom is 0.131 e. The number of nitrogens with one attached hydrogen (secondary N) is 1. The predicted molar refractivity (Wildman–Crippen MR) is 80.3 cm³/mol. The van der Waals surface area contributed by atoms with Gasteiger partial charge in [0.1, 0.15) is 15.2 Å². The summed E-state index contributed by atoms with van der Waals surface area (Å²) in [6.07, 6.45) is 0. The number of benzene rings is 2. The van der Waals surface area contributed by atoms with E-state index in [2.05, 4.69) is 32.8 Å². The maximum absolute atomic E-state index is 5.92. The molecule has 1 heterocycles. The molecule has 3 aromatic rings. The van der Waals surface area contributed by atoms with Gasteiger partial charge in [0.05, 0.1) is 5.52 Å². The summed E-state index contributed by atoms with van der Waals surface area (Å²) in [5, 5.41) is 8.81. The highest BCUT2D eigenvalue weighted by Gasteiger charge is 2.05. The van der Waals surface area contributed by atoms with Crippen molar-refractivity contribution in [3.05, 3.63) is 51.2 Å². The van der Waals surface area contributed by atoms with E-state index in [1.54, 1.807) is 6.07 Å². The molecule has 3 rings (SSSR count). The van der Waals surface area contributed by atoms with E-state index in [0.717, 1.165) is 26.1 Å². The first-order chi connectivity index (χ1) is 8.72. The van der Waals surface area contributed by atoms with Gasteiger partial charge in [0, 0.05) is 10.4 Å². The van der Waals surface area contributed by atoms with Gasteiger partial charge in [-0.1, -0.05) is 17.7 Å². The van der Waals surface area contributed by atoms with Crippen molar-refractivity contribution in [1.29, 1.82) is 0 Å². The van der Waals surface area contributed by atoms with Crippen molar-refractivity contribution in [2.24, 2.45) is 0 Å². The highest BCUT2D eigenvalue weighted by Crippen LogP contribution is 2.28. The molecule has 0 fully saturated rings. The molecule has 3 nitrogen and oxygen atoms in total. The third kappa shape index (κ3) is 2.30. The van der Waals surface area contributed by atoms with Crippen molar-refractivity contribution < 1.29 is 4.74 Å². The smallest absolute Gasteiger partial charge is 0.131 e. The van der Waals surface area contributed by atoms with E-state index >= 15 is 0 Å². The fraction of sp³-hybridized carbons (Fsp3) is 0. The van der Waals surface area contributed by atoms with Gasteiger partial charge in [0.15, 0.2) is 0 Å². The molecule has 1 N–H and O–H groups in total. The van der Waals surface area contributed by atoms with Crippen LogP contribution in [0.15, 0.2) is 42.5 Å². The molecule has 5 heteroatoms. The average Bonchev–Trinajstić information content (AvgIpc) is 2.71. The lowest BCUT2D eigenvalue weighted by Crippen LogP contribution is -1.83. The van der Waals surface area contributed by atoms with Crippen molar-refractivity contribution >= 4 is 45.1 Å². The Hall–Kier alpha value is -1.27. The van der Waals surface area contributed by atoms with Crippen LogP contribution in [0, 0.1) is 3.70 Å². The van der Waals surface area contributed by atoms with E-state index in [9.17, 15) is 0 Å². The number of hydrogen-bond donors (Lipinski definition) is 1. The molecule has 90 valence electrons. The SMILES string of the molecule is Clc1cccc(Oc2ccc3[nH]nc(I)c3c2)c1. The van der Waals surface area contributed by atoms with Gasteiger partial charge in [-0.2, -0.15) is 5.10 Å². The number of hydrogen-bond acceptors (Lipinski definition) is 2. The lowest BCUT2D eigenvalue weighted by atomic mass is 10.2. The summed E-state index contributed by atoms with van der Waals surface area (Å²) >= 11 is 8.11. The van der Waals surface area contributed by atoms with Gasteiger partial charge in [0.25, 0.3) is 0 Å². The number of nitrogens with zero attached hydrogens (tertiary/aromatic N) is 1. The van der Waals surface area contributed by atoms with E-state index < -0.39 is 0 Å². The van der Waals surface area contributed by atoms with Crippen molar-refractivity contribution in [2.75, 3.05) is 0 Å². The first-order valence-corrected chi connectivity index (χ1v) is 6.75. The monoisotopic (exact) mass is 370 g/mol. The Morgan fingerprint density at radius 2 is 1.94 bits per heavy atom. The van der Waals surface area contributed by atoms with Gasteiger partial charge in [-0.15, -0.1) is 0 Å². The second-order valence-electron chi connectivity index (χ2n) is 3.78. The Kier molecular flexibility index (Phi) is 3.13. The number of fused-ring (bicyclic) bond motifs is 1. The second kappa shape index (κ2) is 4.78. The summed E-state index contributed by atoms with van der Waals surface area (Å²) in [6, 6.07) is 13.1. The largest absolute Gasteiger partial charge is 0.457 e. The second-order valence-corrected chi connectivity index (χ2v) is 5.24. The molecule has 0 aliphatic carbocycles. The van der Waals surface area contributed by atoms with Gasteiger partial charge < -0.3 is 4.74 Å². The van der Waals surface area contributed by atoms with Crippen molar-refractivity contribution in [3.8, 4) is 11.5 Å². The molecule has 0 spiro atoms. The minimum Gasteiger partial charge on any atom is -0.457 e. The third-order valence-corrected chi connectivity index (χ3v) is 3.58. The summed E-state index contributed by atoms with van der Waals surface area (Å²) in [7, 11) is 0. The lowest BCUT2D eigenvalue weighted by molar-refractivity contribution is 0.483. The van der Waals surface area contributed by atoms with Gasteiger partial charge in [-0.3, -0.25) is 5.10 Å². The number of rotatable bonds is 2. The molecule has 0 radical (unpaired) electrons. The first-order valence-electron chi connectivity index (χ1n) is 5.29. The molecule has 1 aromatic heterocycles. The molecule has 0 saturated heterocycles. The van der Waals surface area contributed by atoms with E-state index in [4.69, 9.17) is 16.3 Å². The molecule has 0 saturated carbocycles. The summed E-state index contributed by atoms with van der Waals surface area (Å²) < 4.78 is 6.69. The molecule has 0 amide bonds. The van der Waals surface area contributed by atoms with E-state index in [-0.39, 0.29) is 0 Å². The third-order valence-electron chi connectivity index (χ3n) is 2.52. The van der Waals surface area contributed by atoms with Crippen LogP contribution in [-0.4, -0.2) is 10.2 Å². The maximum atomic E-state index is 5.92. The van der Waals surface area contributed by atoms with E-state index in [1.165, 1.54) is 0 Å². The molecular weight excluding hydrogens is 363 g/mol. The highest BCUT2D eigenvalue weighted by molar-refractivity contribution is 14.1. The van der Waals surface area contributed by atoms with Crippen LogP contribution in [0.4, 0.5) is 0 Å². The van der Waals surface area contributed by atoms with Crippen LogP contribution in [-0.2, 0) is 0 Å². The summed E-state index contributed by atoms with van der Waals surface area (Å²) in [5.41, 5.74) is 0.998. The normalized spacial score (nSPS) is 10.8. The molecule has 2 aromatic carbocycles. The molecule has 0 unspecified atom stereocenters. The zero-order valence-electron chi connectivity index (χ0n) is 9.15. The number of aromatic amines is 1. The first kappa shape index (κ1) is 11.8. The zero-order chi connectivity index (χ0) is 12.5. The molecule has 0 bridgehead atoms. The minimum absolute atomic E-state index is 0.659. The van der Waals surface area contributed by atoms with E-state index in [0.29, 0.717) is 5.02 Å². The van der Waals surface area contributed by atoms with Crippen molar-refractivity contribution in [1.82, 2.24) is 10.2 Å². The fourth-order valence-electron chi connectivity index (χ4n) is 1.69. The topological polar surface area (TPSA) is 37.9 Å². The molecule has 0 aliphatic heterocycles. The van der Waals surface area contributed by atoms with Crippen LogP contribution in [0.2, 0.25) is 5.02 Å². The van der Waals surface area contributed by atoms with Crippen LogP contribution in [0.1, 0.15) is 0 Å². The average molecular weight is 371 g/mol. The zero-order valence-corrected chi connectivity index (χ0v) is 12.1. The number of H-pyrrole nitrogens is 1. The Bertz CT molecular complexity index is 711. The van der Waals surface area contributed by atoms with Gasteiger partial charge >= 0.3 is 0 Å². The van der Waals surface area contributed by atoms with Crippen molar-refractivity contribution in [2.45, 2.75) is 0 Å². The molecule has 0 aliphatic rings. The van der Waals surface area contributed by atoms with Gasteiger partial charge in [-0.25, -0.2) is 0 Å². The number of halogens is 2. The van der Waals surface area contributed by atoms with Crippen molar-refractivity contribution in [3.63, 3.8) is 0 Å². The quantitative estimate of drug-likeness (QED) is 0.669. The number of ether oxygens (including phenoxy) is 1. The van der Waals surface area contributed by atoms with Crippen LogP contribution in [0.3, 0.4) is 0 Å². The van der Waals surface area contributed by atoms with Crippen LogP contribution in [0.5, 0.6) is 11.5 Å². The molecule has 18 heavy (non-hydrogen) atoms. The summed E-state index contributed by atoms with van der Waals surface area (Å²) in [6.45, 7) is 0. The Labute approximate surface area is 122 Å². The highest BCUT2D eigenvalue weighted by atomic mass is 127. The summed E-state index contributed by atoms with van der Waals surface area (Å²) in [4.78, 5) is 0. The van der Waals surface area contributed by atoms with E-state index in [1.807, 2.05) is 36.4 Å². The van der Waals surface area contributed by atoms with Crippen LogP contribution < -0.4 is 4.74 Å².